The Labute approximate surface area is 850 Å². The summed E-state index contributed by atoms with van der Waals surface area (Å²) < 4.78 is 5.72. The Kier molecular flexibility index (Phi) is 29.5. The van der Waals surface area contributed by atoms with E-state index in [-0.39, 0.29) is 33.2 Å². The second kappa shape index (κ2) is 41.4. The number of thiazole rings is 4. The lowest BCUT2D eigenvalue weighted by Gasteiger charge is -2.20. The number of halogens is 1. The number of phenols is 2. The van der Waals surface area contributed by atoms with E-state index >= 15 is 0 Å². The Bertz CT molecular complexity index is 7400. The van der Waals surface area contributed by atoms with E-state index in [4.69, 9.17) is 30.7 Å². The number of phenolic OH excluding ortho intramolecular Hbond substituents is 2. The molecule has 140 heavy (non-hydrogen) atoms. The highest BCUT2D eigenvalue weighted by atomic mass is 79.9. The molecule has 0 saturated carbocycles. The van der Waals surface area contributed by atoms with Gasteiger partial charge in [-0.05, 0) is 302 Å². The van der Waals surface area contributed by atoms with Gasteiger partial charge in [0.15, 0.2) is 0 Å². The predicted molar refractivity (Wildman–Crippen MR) is 607 cm³/mol. The Morgan fingerprint density at radius 3 is 0.793 bits per heavy atom. The summed E-state index contributed by atoms with van der Waals surface area (Å²) in [4.78, 5) is 19.9. The summed E-state index contributed by atoms with van der Waals surface area (Å²) in [7, 11) is -1.40. The van der Waals surface area contributed by atoms with Crippen LogP contribution >= 0.6 is 61.3 Å². The van der Waals surface area contributed by atoms with Crippen molar-refractivity contribution in [1.29, 1.82) is 0 Å². The standard InChI is InChI=1S/C32H31NS.C31H30N2S.C31H29NOS.C17H16BrNOS.C14H15BO2/c1-20-11-12-22(3)27(17-20)23-13-15-24(16-14-23)28-18-25(32(4,5)6)19-29-30(28)33-31(34-29)26-10-8-7-9-21(26)2;1-19-10-11-20(2)25(16-19)21-12-14-22(15-13-21)26-17-23(31(3,4)5)18-28-29(26)33-30(34-28)24-8-6-7-9-27(24)32;1-19-10-11-20(2)25(16-19)21-12-14-22(15-13-21)26-17-23(31(3,4)5)18-28-29(26)32-30(34-28)24-8-6-7-9-27(24)33;1-17(2,3)10-8-12(18)15-14(9-10)21-16(19-15)11-6-4-5-7-13(11)20;1-10-3-4-11(2)14(9-10)12-5-7-13(8-6-12)15(16)17/h7-19H,1-6H3;6-18H,32H2,1-5H3;6-18,33H,1-5H3;4-9,20H,1-3H3;3-9,16-17H,1-2H3. The molecule has 20 rings (SSSR count). The monoisotopic (exact) mass is 1970 g/mol. The molecule has 6 N–H and O–H groups in total. The third-order valence-corrected chi connectivity index (χ3v) is 30.6. The zero-order chi connectivity index (χ0) is 99.7. The van der Waals surface area contributed by atoms with Crippen LogP contribution in [-0.2, 0) is 21.7 Å². The van der Waals surface area contributed by atoms with Crippen LogP contribution in [0.25, 0.3) is 161 Å². The van der Waals surface area contributed by atoms with Crippen LogP contribution in [0.2, 0.25) is 0 Å². The number of aromatic hydroxyl groups is 2. The number of para-hydroxylation sites is 3. The summed E-state index contributed by atoms with van der Waals surface area (Å²) >= 11 is 10.4. The van der Waals surface area contributed by atoms with Crippen molar-refractivity contribution in [3.05, 3.63) is 392 Å². The van der Waals surface area contributed by atoms with Gasteiger partial charge in [-0.1, -0.05) is 336 Å². The Morgan fingerprint density at radius 1 is 0.250 bits per heavy atom. The first-order chi connectivity index (χ1) is 66.5. The van der Waals surface area contributed by atoms with Gasteiger partial charge in [0.05, 0.1) is 52.0 Å². The molecule has 15 heteroatoms. The van der Waals surface area contributed by atoms with Crippen molar-refractivity contribution >= 4 is 120 Å². The number of nitrogens with zero attached hydrogens (tertiary/aromatic N) is 4. The third kappa shape index (κ3) is 22.7. The summed E-state index contributed by atoms with van der Waals surface area (Å²) in [5.41, 5.74) is 49.1. The fourth-order valence-corrected chi connectivity index (χ4v) is 22.3. The van der Waals surface area contributed by atoms with Crippen molar-refractivity contribution in [2.24, 2.45) is 0 Å². The van der Waals surface area contributed by atoms with Crippen LogP contribution < -0.4 is 11.2 Å². The molecule has 0 bridgehead atoms. The molecule has 9 nitrogen and oxygen atoms in total. The van der Waals surface area contributed by atoms with Gasteiger partial charge in [-0.2, -0.15) is 0 Å². The van der Waals surface area contributed by atoms with E-state index in [1.807, 2.05) is 66.7 Å². The van der Waals surface area contributed by atoms with E-state index in [1.165, 1.54) is 148 Å². The van der Waals surface area contributed by atoms with Gasteiger partial charge in [0, 0.05) is 38.0 Å². The highest BCUT2D eigenvalue weighted by molar-refractivity contribution is 9.10. The van der Waals surface area contributed by atoms with Crippen molar-refractivity contribution in [3.63, 3.8) is 0 Å². The molecule has 16 aromatic carbocycles. The van der Waals surface area contributed by atoms with Crippen molar-refractivity contribution in [2.45, 2.75) is 167 Å². The van der Waals surface area contributed by atoms with E-state index in [2.05, 4.69) is 391 Å². The molecule has 704 valence electrons. The van der Waals surface area contributed by atoms with Crippen molar-refractivity contribution < 1.29 is 20.3 Å². The van der Waals surface area contributed by atoms with Gasteiger partial charge in [0.1, 0.15) is 31.5 Å². The summed E-state index contributed by atoms with van der Waals surface area (Å²) in [5, 5.41) is 42.2. The van der Waals surface area contributed by atoms with Crippen LogP contribution in [0, 0.1) is 62.3 Å². The Morgan fingerprint density at radius 2 is 0.493 bits per heavy atom. The zero-order valence-electron chi connectivity index (χ0n) is 83.8. The van der Waals surface area contributed by atoms with Gasteiger partial charge in [0.2, 0.25) is 0 Å². The van der Waals surface area contributed by atoms with Crippen LogP contribution in [-0.4, -0.2) is 47.3 Å². The first-order valence-corrected chi connectivity index (χ1v) is 51.6. The summed E-state index contributed by atoms with van der Waals surface area (Å²) in [5.74, 6) is 0.528. The van der Waals surface area contributed by atoms with Crippen molar-refractivity contribution in [1.82, 2.24) is 19.9 Å². The fraction of sp³-hybridized carbons (Fsp3) is 0.200. The minimum absolute atomic E-state index is 0.0145. The number of hydrogen-bond donors (Lipinski definition) is 5. The maximum atomic E-state index is 10.4. The van der Waals surface area contributed by atoms with Crippen LogP contribution in [0.4, 0.5) is 5.69 Å². The van der Waals surface area contributed by atoms with Crippen LogP contribution in [0.15, 0.2) is 320 Å². The van der Waals surface area contributed by atoms with E-state index in [0.717, 1.165) is 95.0 Å². The first kappa shape index (κ1) is 99.9. The molecule has 0 unspecified atom stereocenters. The summed E-state index contributed by atoms with van der Waals surface area (Å²) in [6, 6.07) is 110. The fourth-order valence-electron chi connectivity index (χ4n) is 17.3. The molecule has 4 heterocycles. The lowest BCUT2D eigenvalue weighted by molar-refractivity contribution is 0.425. The van der Waals surface area contributed by atoms with E-state index in [0.29, 0.717) is 5.46 Å². The van der Waals surface area contributed by atoms with Crippen molar-refractivity contribution in [3.8, 4) is 132 Å². The van der Waals surface area contributed by atoms with Crippen LogP contribution in [0.3, 0.4) is 0 Å². The zero-order valence-corrected chi connectivity index (χ0v) is 88.6. The largest absolute Gasteiger partial charge is 0.507 e. The topological polar surface area (TPSA) is 158 Å². The highest BCUT2D eigenvalue weighted by Crippen LogP contribution is 2.48. The van der Waals surface area contributed by atoms with Gasteiger partial charge >= 0.3 is 7.12 Å². The van der Waals surface area contributed by atoms with Crippen molar-refractivity contribution in [2.75, 3.05) is 5.73 Å². The molecule has 0 amide bonds. The third-order valence-electron chi connectivity index (χ3n) is 25.8. The van der Waals surface area contributed by atoms with Gasteiger partial charge in [-0.15, -0.1) is 45.3 Å². The number of nitrogens with two attached hydrogens (primary N) is 1. The number of aryl methyl sites for hydroxylation is 9. The molecular weight excluding hydrogens is 1850 g/mol. The van der Waals surface area contributed by atoms with Crippen LogP contribution in [0.1, 0.15) is 155 Å². The van der Waals surface area contributed by atoms with Crippen LogP contribution in [0.5, 0.6) is 11.5 Å². The highest BCUT2D eigenvalue weighted by Gasteiger charge is 2.27. The Hall–Kier alpha value is -13.1. The SMILES string of the molecule is CC(C)(C)c1cc(Br)c2nc(-c3ccccc3O)sc2c1.Cc1ccc(C)c(-c2ccc(-c3cc(C(C)(C)C)cc4sc(-c5ccccc5C)nc34)cc2)c1.Cc1ccc(C)c(-c2ccc(-c3cc(C(C)(C)C)cc4sc(-c5ccccc5N)nc34)cc2)c1.Cc1ccc(C)c(-c2ccc(-c3cc(C(C)(C)C)cc4sc(-c5ccccc5O)nc34)cc2)c1.Cc1ccc(C)c(-c2ccc(B(O)O)cc2)c1. The molecule has 0 aliphatic heterocycles. The van der Waals surface area contributed by atoms with Gasteiger partial charge in [0.25, 0.3) is 0 Å². The molecule has 0 spiro atoms. The molecule has 0 aliphatic carbocycles. The lowest BCUT2D eigenvalue weighted by Crippen LogP contribution is -2.29. The number of nitrogen functional groups attached to an aromatic ring is 1. The molecule has 0 fully saturated rings. The van der Waals surface area contributed by atoms with Gasteiger partial charge in [-0.3, -0.25) is 0 Å². The number of hydrogen-bond acceptors (Lipinski definition) is 13. The summed E-state index contributed by atoms with van der Waals surface area (Å²) in [6.07, 6.45) is 0. The number of benzene rings is 16. The minimum atomic E-state index is -1.40. The number of fused-ring (bicyclic) bond motifs is 4. The number of rotatable bonds is 12. The average molecular weight is 1980 g/mol. The molecule has 0 aliphatic rings. The van der Waals surface area contributed by atoms with E-state index in [1.54, 1.807) is 69.6 Å². The minimum Gasteiger partial charge on any atom is -0.507 e. The average Bonchev–Trinajstić information content (AvgIpc) is 1.46. The first-order valence-electron chi connectivity index (χ1n) is 47.6. The van der Waals surface area contributed by atoms with E-state index < -0.39 is 7.12 Å². The lowest BCUT2D eigenvalue weighted by atomic mass is 9.79. The second-order valence-corrected chi connectivity index (χ2v) is 45.9. The van der Waals surface area contributed by atoms with E-state index in [9.17, 15) is 10.2 Å². The molecule has 0 saturated heterocycles. The molecule has 20 aromatic rings. The summed E-state index contributed by atoms with van der Waals surface area (Å²) in [6.45, 7) is 46.2. The predicted octanol–water partition coefficient (Wildman–Crippen LogP) is 34.6. The molecule has 4 aromatic heterocycles. The molecule has 0 radical (unpaired) electrons. The number of aromatic nitrogens is 4. The quantitative estimate of drug-likeness (QED) is 0.0593. The smallest absolute Gasteiger partial charge is 0.488 e. The maximum Gasteiger partial charge on any atom is 0.488 e. The maximum absolute atomic E-state index is 10.4. The van der Waals surface area contributed by atoms with Gasteiger partial charge in [-0.25, -0.2) is 19.9 Å². The molecular formula is C125H121BBrN5O4S4. The van der Waals surface area contributed by atoms with Gasteiger partial charge < -0.3 is 26.0 Å². The number of anilines is 1. The molecule has 0 atom stereocenters. The normalized spacial score (nSPS) is 11.7. The second-order valence-electron chi connectivity index (χ2n) is 40.9. The Balaban J connectivity index is 0.000000129.